The molecule has 0 saturated heterocycles. The summed E-state index contributed by atoms with van der Waals surface area (Å²) in [7, 11) is 3.70. The van der Waals surface area contributed by atoms with Crippen LogP contribution in [-0.2, 0) is 11.3 Å². The highest BCUT2D eigenvalue weighted by atomic mass is 16.5. The lowest BCUT2D eigenvalue weighted by Gasteiger charge is -2.24. The second-order valence-electron chi connectivity index (χ2n) is 4.91. The van der Waals surface area contributed by atoms with Crippen LogP contribution in [0.5, 0.6) is 5.75 Å². The van der Waals surface area contributed by atoms with Gasteiger partial charge >= 0.3 is 5.97 Å². The minimum atomic E-state index is -0.943. The molecule has 0 fully saturated rings. The smallest absolute Gasteiger partial charge is 0.328 e. The molecule has 0 saturated carbocycles. The minimum Gasteiger partial charge on any atom is -0.497 e. The van der Waals surface area contributed by atoms with E-state index >= 15 is 0 Å². The Morgan fingerprint density at radius 2 is 2.20 bits per heavy atom. The topological polar surface area (TPSA) is 49.8 Å². The van der Waals surface area contributed by atoms with E-state index in [1.165, 1.54) is 0 Å². The van der Waals surface area contributed by atoms with Crippen molar-refractivity contribution in [2.75, 3.05) is 14.2 Å². The summed E-state index contributed by atoms with van der Waals surface area (Å²) in [6, 6.07) is 6.16. The van der Waals surface area contributed by atoms with Gasteiger partial charge in [0.15, 0.2) is 0 Å². The van der Waals surface area contributed by atoms with Gasteiger partial charge in [-0.15, -0.1) is 0 Å². The Hall–Kier alpha value is -1.81. The molecule has 0 amide bonds. The maximum atomic E-state index is 10.7. The normalized spacial score (nSPS) is 12.8. The quantitative estimate of drug-likeness (QED) is 0.778. The Morgan fingerprint density at radius 3 is 2.75 bits per heavy atom. The number of methoxy groups -OCH3 is 1. The van der Waals surface area contributed by atoms with E-state index in [-0.39, 0.29) is 0 Å². The van der Waals surface area contributed by atoms with Crippen LogP contribution >= 0.6 is 0 Å². The second-order valence-corrected chi connectivity index (χ2v) is 4.91. The van der Waals surface area contributed by atoms with Gasteiger partial charge in [0.1, 0.15) is 5.75 Å². The Bertz CT molecular complexity index is 483. The van der Waals surface area contributed by atoms with Crippen molar-refractivity contribution in [2.45, 2.75) is 32.9 Å². The fraction of sp³-hybridized carbons (Fsp3) is 0.438. The third kappa shape index (κ3) is 4.70. The summed E-state index contributed by atoms with van der Waals surface area (Å²) in [6.45, 7) is 5.08. The van der Waals surface area contributed by atoms with E-state index < -0.39 is 5.97 Å². The van der Waals surface area contributed by atoms with Crippen molar-refractivity contribution >= 4 is 12.0 Å². The lowest BCUT2D eigenvalue weighted by atomic mass is 10.0. The number of carbonyl (C=O) groups is 1. The zero-order valence-electron chi connectivity index (χ0n) is 12.6. The lowest BCUT2D eigenvalue weighted by Crippen LogP contribution is -2.28. The number of hydrogen-bond acceptors (Lipinski definition) is 3. The molecule has 0 aliphatic rings. The number of ether oxygens (including phenoxy) is 1. The average Bonchev–Trinajstić information content (AvgIpc) is 2.44. The van der Waals surface area contributed by atoms with Gasteiger partial charge in [-0.3, -0.25) is 4.90 Å². The molecule has 0 bridgehead atoms. The van der Waals surface area contributed by atoms with Gasteiger partial charge in [0, 0.05) is 18.7 Å². The standard InChI is InChI=1S/C16H23NO3/c1-5-12(2)17(3)11-14-10-15(20-4)8-6-13(14)7-9-16(18)19/h6-10,12H,5,11H2,1-4H3,(H,18,19). The predicted octanol–water partition coefficient (Wildman–Crippen LogP) is 3.02. The van der Waals surface area contributed by atoms with Crippen molar-refractivity contribution in [3.05, 3.63) is 35.4 Å². The number of nitrogens with zero attached hydrogens (tertiary/aromatic N) is 1. The summed E-state index contributed by atoms with van der Waals surface area (Å²) in [4.78, 5) is 12.9. The first-order valence-corrected chi connectivity index (χ1v) is 6.76. The van der Waals surface area contributed by atoms with Gasteiger partial charge in [0.05, 0.1) is 7.11 Å². The average molecular weight is 277 g/mol. The Kier molecular flexibility index (Phi) is 6.25. The summed E-state index contributed by atoms with van der Waals surface area (Å²) in [5, 5.41) is 8.75. The highest BCUT2D eigenvalue weighted by Gasteiger charge is 2.10. The van der Waals surface area contributed by atoms with Gasteiger partial charge in [-0.25, -0.2) is 4.79 Å². The van der Waals surface area contributed by atoms with Crippen LogP contribution < -0.4 is 4.74 Å². The second kappa shape index (κ2) is 7.70. The maximum absolute atomic E-state index is 10.7. The van der Waals surface area contributed by atoms with Gasteiger partial charge in [0.2, 0.25) is 0 Å². The Balaban J connectivity index is 3.03. The summed E-state index contributed by atoms with van der Waals surface area (Å²) >= 11 is 0. The van der Waals surface area contributed by atoms with Crippen LogP contribution in [0.3, 0.4) is 0 Å². The van der Waals surface area contributed by atoms with Gasteiger partial charge < -0.3 is 9.84 Å². The first-order chi connectivity index (χ1) is 9.47. The Morgan fingerprint density at radius 1 is 1.50 bits per heavy atom. The minimum absolute atomic E-state index is 0.470. The van der Waals surface area contributed by atoms with Crippen LogP contribution in [0.25, 0.3) is 6.08 Å². The molecule has 1 N–H and O–H groups in total. The molecule has 1 aromatic rings. The molecule has 20 heavy (non-hydrogen) atoms. The number of hydrogen-bond donors (Lipinski definition) is 1. The van der Waals surface area contributed by atoms with E-state index in [9.17, 15) is 4.79 Å². The molecule has 0 spiro atoms. The first-order valence-electron chi connectivity index (χ1n) is 6.76. The first kappa shape index (κ1) is 16.2. The zero-order valence-corrected chi connectivity index (χ0v) is 12.6. The zero-order chi connectivity index (χ0) is 15.1. The fourth-order valence-corrected chi connectivity index (χ4v) is 1.91. The van der Waals surface area contributed by atoms with Crippen molar-refractivity contribution in [1.82, 2.24) is 4.90 Å². The molecule has 1 aromatic carbocycles. The summed E-state index contributed by atoms with van der Waals surface area (Å²) in [5.74, 6) is -0.160. The van der Waals surface area contributed by atoms with Crippen molar-refractivity contribution in [2.24, 2.45) is 0 Å². The summed E-state index contributed by atoms with van der Waals surface area (Å²) < 4.78 is 5.24. The number of carboxylic acids is 1. The van der Waals surface area contributed by atoms with E-state index in [0.29, 0.717) is 6.04 Å². The summed E-state index contributed by atoms with van der Waals surface area (Å²) in [6.07, 6.45) is 3.86. The molecule has 110 valence electrons. The molecular formula is C16H23NO3. The third-order valence-electron chi connectivity index (χ3n) is 3.52. The summed E-state index contributed by atoms with van der Waals surface area (Å²) in [5.41, 5.74) is 1.97. The molecule has 4 heteroatoms. The molecule has 0 aromatic heterocycles. The highest BCUT2D eigenvalue weighted by Crippen LogP contribution is 2.21. The molecule has 0 aliphatic heterocycles. The highest BCUT2D eigenvalue weighted by molar-refractivity contribution is 5.85. The molecule has 4 nitrogen and oxygen atoms in total. The SMILES string of the molecule is CCC(C)N(C)Cc1cc(OC)ccc1C=CC(=O)O. The van der Waals surface area contributed by atoms with E-state index in [2.05, 4.69) is 25.8 Å². The van der Waals surface area contributed by atoms with Gasteiger partial charge in [-0.05, 0) is 49.7 Å². The van der Waals surface area contributed by atoms with Crippen molar-refractivity contribution in [3.63, 3.8) is 0 Å². The van der Waals surface area contributed by atoms with Crippen LogP contribution in [-0.4, -0.2) is 36.2 Å². The molecule has 0 heterocycles. The lowest BCUT2D eigenvalue weighted by molar-refractivity contribution is -0.131. The van der Waals surface area contributed by atoms with E-state index in [0.717, 1.165) is 35.9 Å². The molecule has 1 unspecified atom stereocenters. The molecule has 1 atom stereocenters. The van der Waals surface area contributed by atoms with Crippen LogP contribution in [0, 0.1) is 0 Å². The van der Waals surface area contributed by atoms with Crippen molar-refractivity contribution < 1.29 is 14.6 Å². The molecular weight excluding hydrogens is 254 g/mol. The third-order valence-corrected chi connectivity index (χ3v) is 3.52. The Labute approximate surface area is 120 Å². The van der Waals surface area contributed by atoms with Gasteiger partial charge in [-0.2, -0.15) is 0 Å². The van der Waals surface area contributed by atoms with Crippen LogP contribution in [0.4, 0.5) is 0 Å². The number of benzene rings is 1. The maximum Gasteiger partial charge on any atom is 0.328 e. The molecule has 0 aliphatic carbocycles. The van der Waals surface area contributed by atoms with E-state index in [1.54, 1.807) is 13.2 Å². The molecule has 0 radical (unpaired) electrons. The number of rotatable bonds is 7. The van der Waals surface area contributed by atoms with E-state index in [1.807, 2.05) is 18.2 Å². The number of carboxylic acid groups (broad SMARTS) is 1. The van der Waals surface area contributed by atoms with Crippen LogP contribution in [0.15, 0.2) is 24.3 Å². The van der Waals surface area contributed by atoms with E-state index in [4.69, 9.17) is 9.84 Å². The fourth-order valence-electron chi connectivity index (χ4n) is 1.91. The number of aliphatic carboxylic acids is 1. The monoisotopic (exact) mass is 277 g/mol. The predicted molar refractivity (Wildman–Crippen MR) is 80.9 cm³/mol. The van der Waals surface area contributed by atoms with Gasteiger partial charge in [0.25, 0.3) is 0 Å². The van der Waals surface area contributed by atoms with Gasteiger partial charge in [-0.1, -0.05) is 13.0 Å². The van der Waals surface area contributed by atoms with Crippen LogP contribution in [0.1, 0.15) is 31.4 Å². The molecule has 1 rings (SSSR count). The van der Waals surface area contributed by atoms with Crippen molar-refractivity contribution in [3.8, 4) is 5.75 Å². The van der Waals surface area contributed by atoms with Crippen LogP contribution in [0.2, 0.25) is 0 Å². The largest absolute Gasteiger partial charge is 0.497 e. The van der Waals surface area contributed by atoms with Crippen molar-refractivity contribution in [1.29, 1.82) is 0 Å².